The standard InChI is InChI=1S/C17H23N7O/c1-21-11-12-23(17(21)25)14-7-9-22(10-8-14)13-16-18-19-20-24(16)15-5-3-2-4-6-15/h2-6,14H,7-13H2,1H3. The van der Waals surface area contributed by atoms with Gasteiger partial charge in [-0.25, -0.2) is 4.79 Å². The fourth-order valence-corrected chi connectivity index (χ4v) is 3.67. The predicted molar refractivity (Wildman–Crippen MR) is 92.2 cm³/mol. The number of benzene rings is 1. The second-order valence-electron chi connectivity index (χ2n) is 6.75. The van der Waals surface area contributed by atoms with Gasteiger partial charge in [-0.05, 0) is 35.4 Å². The minimum absolute atomic E-state index is 0.173. The molecule has 132 valence electrons. The summed E-state index contributed by atoms with van der Waals surface area (Å²) >= 11 is 0. The maximum absolute atomic E-state index is 12.2. The molecule has 8 heteroatoms. The molecule has 4 rings (SSSR count). The Labute approximate surface area is 147 Å². The van der Waals surface area contributed by atoms with Gasteiger partial charge in [-0.1, -0.05) is 18.2 Å². The monoisotopic (exact) mass is 341 g/mol. The van der Waals surface area contributed by atoms with Crippen molar-refractivity contribution in [3.05, 3.63) is 36.2 Å². The Balaban J connectivity index is 1.37. The Morgan fingerprint density at radius 3 is 2.52 bits per heavy atom. The summed E-state index contributed by atoms with van der Waals surface area (Å²) < 4.78 is 1.80. The van der Waals surface area contributed by atoms with E-state index < -0.39 is 0 Å². The zero-order valence-electron chi connectivity index (χ0n) is 14.5. The van der Waals surface area contributed by atoms with Gasteiger partial charge in [-0.3, -0.25) is 4.90 Å². The minimum atomic E-state index is 0.173. The Morgan fingerprint density at radius 2 is 1.84 bits per heavy atom. The van der Waals surface area contributed by atoms with Crippen LogP contribution < -0.4 is 0 Å². The van der Waals surface area contributed by atoms with Crippen LogP contribution in [0.15, 0.2) is 30.3 Å². The number of tetrazole rings is 1. The van der Waals surface area contributed by atoms with Crippen LogP contribution in [0, 0.1) is 0 Å². The van der Waals surface area contributed by atoms with Crippen LogP contribution in [0.5, 0.6) is 0 Å². The number of likely N-dealkylation sites (N-methyl/N-ethyl adjacent to an activating group) is 1. The molecule has 2 fully saturated rings. The molecule has 0 aliphatic carbocycles. The number of urea groups is 1. The van der Waals surface area contributed by atoms with Crippen molar-refractivity contribution in [2.24, 2.45) is 0 Å². The van der Waals surface area contributed by atoms with E-state index in [1.54, 1.807) is 9.58 Å². The number of likely N-dealkylation sites (tertiary alicyclic amines) is 1. The lowest BCUT2D eigenvalue weighted by Gasteiger charge is -2.36. The quantitative estimate of drug-likeness (QED) is 0.829. The van der Waals surface area contributed by atoms with Gasteiger partial charge in [0.05, 0.1) is 12.2 Å². The Bertz CT molecular complexity index is 724. The zero-order valence-corrected chi connectivity index (χ0v) is 14.5. The van der Waals surface area contributed by atoms with Gasteiger partial charge in [0, 0.05) is 39.3 Å². The number of hydrogen-bond acceptors (Lipinski definition) is 5. The van der Waals surface area contributed by atoms with Crippen molar-refractivity contribution in [2.75, 3.05) is 33.2 Å². The first-order chi connectivity index (χ1) is 12.2. The number of piperidine rings is 1. The second kappa shape index (κ2) is 6.79. The van der Waals surface area contributed by atoms with Crippen LogP contribution in [-0.2, 0) is 6.54 Å². The number of para-hydroxylation sites is 1. The first kappa shape index (κ1) is 16.0. The minimum Gasteiger partial charge on any atom is -0.326 e. The highest BCUT2D eigenvalue weighted by molar-refractivity contribution is 5.76. The van der Waals surface area contributed by atoms with Crippen LogP contribution in [0.3, 0.4) is 0 Å². The van der Waals surface area contributed by atoms with Gasteiger partial charge in [0.2, 0.25) is 0 Å². The van der Waals surface area contributed by atoms with E-state index in [0.29, 0.717) is 6.04 Å². The molecule has 2 saturated heterocycles. The molecule has 25 heavy (non-hydrogen) atoms. The lowest BCUT2D eigenvalue weighted by atomic mass is 10.0. The first-order valence-electron chi connectivity index (χ1n) is 8.79. The third-order valence-corrected chi connectivity index (χ3v) is 5.15. The molecule has 0 bridgehead atoms. The van der Waals surface area contributed by atoms with E-state index in [1.807, 2.05) is 42.3 Å². The SMILES string of the molecule is CN1CCN(C2CCN(Cc3nnnn3-c3ccccc3)CC2)C1=O. The molecule has 2 aromatic rings. The topological polar surface area (TPSA) is 70.4 Å². The normalized spacial score (nSPS) is 19.8. The Kier molecular flexibility index (Phi) is 4.35. The van der Waals surface area contributed by atoms with Crippen molar-refractivity contribution in [3.63, 3.8) is 0 Å². The van der Waals surface area contributed by atoms with E-state index in [0.717, 1.165) is 57.1 Å². The van der Waals surface area contributed by atoms with Crippen LogP contribution in [0.2, 0.25) is 0 Å². The maximum Gasteiger partial charge on any atom is 0.320 e. The summed E-state index contributed by atoms with van der Waals surface area (Å²) in [5, 5.41) is 12.2. The highest BCUT2D eigenvalue weighted by Gasteiger charge is 2.33. The molecule has 2 aliphatic rings. The van der Waals surface area contributed by atoms with Gasteiger partial charge in [-0.2, -0.15) is 4.68 Å². The summed E-state index contributed by atoms with van der Waals surface area (Å²) in [6.07, 6.45) is 2.01. The summed E-state index contributed by atoms with van der Waals surface area (Å²) in [6, 6.07) is 10.5. The average molecular weight is 341 g/mol. The Hall–Kier alpha value is -2.48. The summed E-state index contributed by atoms with van der Waals surface area (Å²) in [7, 11) is 1.88. The van der Waals surface area contributed by atoms with E-state index in [-0.39, 0.29) is 6.03 Å². The van der Waals surface area contributed by atoms with Crippen LogP contribution in [0.4, 0.5) is 4.79 Å². The van der Waals surface area contributed by atoms with Gasteiger partial charge in [0.25, 0.3) is 0 Å². The van der Waals surface area contributed by atoms with Crippen LogP contribution >= 0.6 is 0 Å². The molecular weight excluding hydrogens is 318 g/mol. The van der Waals surface area contributed by atoms with Gasteiger partial charge >= 0.3 is 6.03 Å². The van der Waals surface area contributed by atoms with E-state index in [4.69, 9.17) is 0 Å². The number of nitrogens with zero attached hydrogens (tertiary/aromatic N) is 7. The van der Waals surface area contributed by atoms with Crippen molar-refractivity contribution in [1.82, 2.24) is 34.9 Å². The third kappa shape index (κ3) is 3.21. The van der Waals surface area contributed by atoms with Gasteiger partial charge < -0.3 is 9.80 Å². The van der Waals surface area contributed by atoms with E-state index in [1.165, 1.54) is 0 Å². The Morgan fingerprint density at radius 1 is 1.08 bits per heavy atom. The number of carbonyl (C=O) groups is 1. The van der Waals surface area contributed by atoms with Gasteiger partial charge in [-0.15, -0.1) is 5.10 Å². The van der Waals surface area contributed by atoms with Gasteiger partial charge in [0.15, 0.2) is 5.82 Å². The molecule has 0 spiro atoms. The van der Waals surface area contributed by atoms with Gasteiger partial charge in [0.1, 0.15) is 0 Å². The van der Waals surface area contributed by atoms with Crippen LogP contribution in [0.25, 0.3) is 5.69 Å². The smallest absolute Gasteiger partial charge is 0.320 e. The van der Waals surface area contributed by atoms with Crippen molar-refractivity contribution in [2.45, 2.75) is 25.4 Å². The number of carbonyl (C=O) groups excluding carboxylic acids is 1. The molecule has 0 N–H and O–H groups in total. The van der Waals surface area contributed by atoms with E-state index in [9.17, 15) is 4.79 Å². The number of hydrogen-bond donors (Lipinski definition) is 0. The molecular formula is C17H23N7O. The molecule has 2 amide bonds. The molecule has 0 atom stereocenters. The molecule has 8 nitrogen and oxygen atoms in total. The van der Waals surface area contributed by atoms with Crippen molar-refractivity contribution in [3.8, 4) is 5.69 Å². The lowest BCUT2D eigenvalue weighted by Crippen LogP contribution is -2.46. The summed E-state index contributed by atoms with van der Waals surface area (Å²) in [6.45, 7) is 4.33. The summed E-state index contributed by atoms with van der Waals surface area (Å²) in [4.78, 5) is 18.4. The lowest BCUT2D eigenvalue weighted by molar-refractivity contribution is 0.126. The molecule has 0 unspecified atom stereocenters. The number of rotatable bonds is 4. The molecule has 0 radical (unpaired) electrons. The highest BCUT2D eigenvalue weighted by Crippen LogP contribution is 2.21. The fourth-order valence-electron chi connectivity index (χ4n) is 3.67. The van der Waals surface area contributed by atoms with Crippen molar-refractivity contribution < 1.29 is 4.79 Å². The van der Waals surface area contributed by atoms with E-state index in [2.05, 4.69) is 20.4 Å². The predicted octanol–water partition coefficient (Wildman–Crippen LogP) is 0.994. The van der Waals surface area contributed by atoms with Crippen LogP contribution in [-0.4, -0.2) is 80.2 Å². The fraction of sp³-hybridized carbons (Fsp3) is 0.529. The second-order valence-corrected chi connectivity index (χ2v) is 6.75. The molecule has 2 aliphatic heterocycles. The van der Waals surface area contributed by atoms with Crippen LogP contribution in [0.1, 0.15) is 18.7 Å². The summed E-state index contributed by atoms with van der Waals surface area (Å²) in [5.41, 5.74) is 0.975. The number of aromatic nitrogens is 4. The zero-order chi connectivity index (χ0) is 17.2. The average Bonchev–Trinajstić information content (AvgIpc) is 3.24. The molecule has 0 saturated carbocycles. The van der Waals surface area contributed by atoms with E-state index >= 15 is 0 Å². The molecule has 1 aromatic heterocycles. The largest absolute Gasteiger partial charge is 0.326 e. The third-order valence-electron chi connectivity index (χ3n) is 5.15. The maximum atomic E-state index is 12.2. The molecule has 3 heterocycles. The van der Waals surface area contributed by atoms with Crippen molar-refractivity contribution in [1.29, 1.82) is 0 Å². The summed E-state index contributed by atoms with van der Waals surface area (Å²) in [5.74, 6) is 0.849. The number of amides is 2. The van der Waals surface area contributed by atoms with Crippen molar-refractivity contribution >= 4 is 6.03 Å². The highest BCUT2D eigenvalue weighted by atomic mass is 16.2. The molecule has 1 aromatic carbocycles. The first-order valence-corrected chi connectivity index (χ1v) is 8.79.